The van der Waals surface area contributed by atoms with E-state index in [9.17, 15) is 4.79 Å². The third-order valence-corrected chi connectivity index (χ3v) is 6.18. The third kappa shape index (κ3) is 4.51. The molecule has 2 aromatic carbocycles. The third-order valence-electron chi connectivity index (χ3n) is 4.98. The number of para-hydroxylation sites is 1. The van der Waals surface area contributed by atoms with Gasteiger partial charge in [0, 0.05) is 18.2 Å². The van der Waals surface area contributed by atoms with Crippen LogP contribution in [-0.2, 0) is 4.79 Å². The molecule has 1 atom stereocenters. The molecule has 28 heavy (non-hydrogen) atoms. The van der Waals surface area contributed by atoms with Gasteiger partial charge < -0.3 is 10.1 Å². The molecule has 1 saturated heterocycles. The van der Waals surface area contributed by atoms with Crippen LogP contribution in [0.1, 0.15) is 30.7 Å². The fraction of sp³-hybridized carbons (Fsp3) is 0.364. The van der Waals surface area contributed by atoms with E-state index < -0.39 is 0 Å². The Morgan fingerprint density at radius 3 is 2.86 bits per heavy atom. The van der Waals surface area contributed by atoms with E-state index in [0.717, 1.165) is 42.9 Å². The van der Waals surface area contributed by atoms with Crippen LogP contribution < -0.4 is 10.1 Å². The number of ether oxygens (including phenoxy) is 1. The minimum Gasteiger partial charge on any atom is -0.494 e. The second-order valence-corrected chi connectivity index (χ2v) is 8.16. The second-order valence-electron chi connectivity index (χ2n) is 7.10. The van der Waals surface area contributed by atoms with Crippen LogP contribution in [0.5, 0.6) is 5.75 Å². The van der Waals surface area contributed by atoms with E-state index in [1.807, 2.05) is 37.3 Å². The van der Waals surface area contributed by atoms with E-state index in [1.165, 1.54) is 9.71 Å². The number of fused-ring (bicyclic) bond motifs is 1. The average Bonchev–Trinajstić information content (AvgIpc) is 3.14. The van der Waals surface area contributed by atoms with E-state index in [0.29, 0.717) is 19.1 Å². The van der Waals surface area contributed by atoms with Crippen LogP contribution in [0.4, 0.5) is 5.69 Å². The van der Waals surface area contributed by atoms with Gasteiger partial charge in [0.2, 0.25) is 5.91 Å². The van der Waals surface area contributed by atoms with Crippen LogP contribution in [0.2, 0.25) is 0 Å². The molecule has 3 aromatic rings. The number of rotatable bonds is 6. The molecule has 2 heterocycles. The smallest absolute Gasteiger partial charge is 0.238 e. The summed E-state index contributed by atoms with van der Waals surface area (Å²) in [5.74, 6) is 1.24. The Balaban J connectivity index is 1.34. The van der Waals surface area contributed by atoms with E-state index in [2.05, 4.69) is 28.4 Å². The number of nitrogens with zero attached hydrogens (tertiary/aromatic N) is 2. The lowest BCUT2D eigenvalue weighted by Gasteiger charge is -2.31. The van der Waals surface area contributed by atoms with Gasteiger partial charge in [0.05, 0.1) is 28.4 Å². The molecule has 1 N–H and O–H groups in total. The Labute approximate surface area is 169 Å². The minimum atomic E-state index is 0.0223. The highest BCUT2D eigenvalue weighted by atomic mass is 32.1. The first kappa shape index (κ1) is 18.9. The van der Waals surface area contributed by atoms with E-state index in [1.54, 1.807) is 11.3 Å². The first-order chi connectivity index (χ1) is 13.7. The number of thiazole rings is 1. The summed E-state index contributed by atoms with van der Waals surface area (Å²) in [6, 6.07) is 15.8. The van der Waals surface area contributed by atoms with Gasteiger partial charge in [-0.15, -0.1) is 11.3 Å². The van der Waals surface area contributed by atoms with Gasteiger partial charge in [-0.2, -0.15) is 0 Å². The number of carbonyl (C=O) groups excluding carboxylic acids is 1. The second kappa shape index (κ2) is 8.71. The maximum atomic E-state index is 12.5. The van der Waals surface area contributed by atoms with Crippen molar-refractivity contribution in [2.24, 2.45) is 0 Å². The van der Waals surface area contributed by atoms with Gasteiger partial charge >= 0.3 is 0 Å². The van der Waals surface area contributed by atoms with Gasteiger partial charge in [0.1, 0.15) is 5.75 Å². The molecule has 0 spiro atoms. The molecular weight excluding hydrogens is 370 g/mol. The highest BCUT2D eigenvalue weighted by Gasteiger charge is 2.25. The summed E-state index contributed by atoms with van der Waals surface area (Å²) in [5, 5.41) is 4.18. The standard InChI is InChI=1S/C22H25N3O2S/c1-2-27-18-11-9-17(10-12-18)23-21(26)15-25-13-5-6-16(14-25)22-24-19-7-3-4-8-20(19)28-22/h3-4,7-12,16H,2,5-6,13-15H2,1H3,(H,23,26)/t16-/m0/s1. The molecule has 0 radical (unpaired) electrons. The fourth-order valence-electron chi connectivity index (χ4n) is 3.67. The fourth-order valence-corrected chi connectivity index (χ4v) is 4.76. The summed E-state index contributed by atoms with van der Waals surface area (Å²) in [7, 11) is 0. The Morgan fingerprint density at radius 1 is 1.25 bits per heavy atom. The SMILES string of the molecule is CCOc1ccc(NC(=O)CN2CCC[C@H](c3nc4ccccc4s3)C2)cc1. The van der Waals surface area contributed by atoms with Crippen LogP contribution in [0.15, 0.2) is 48.5 Å². The lowest BCUT2D eigenvalue weighted by atomic mass is 9.99. The molecule has 1 amide bonds. The molecular formula is C22H25N3O2S. The van der Waals surface area contributed by atoms with Crippen molar-refractivity contribution in [1.29, 1.82) is 0 Å². The summed E-state index contributed by atoms with van der Waals surface area (Å²) < 4.78 is 6.68. The summed E-state index contributed by atoms with van der Waals surface area (Å²) in [5.41, 5.74) is 1.88. The maximum Gasteiger partial charge on any atom is 0.238 e. The van der Waals surface area contributed by atoms with E-state index in [-0.39, 0.29) is 5.91 Å². The molecule has 5 nitrogen and oxygen atoms in total. The summed E-state index contributed by atoms with van der Waals surface area (Å²) >= 11 is 1.78. The van der Waals surface area contributed by atoms with Crippen LogP contribution in [0.25, 0.3) is 10.2 Å². The zero-order chi connectivity index (χ0) is 19.3. The van der Waals surface area contributed by atoms with E-state index in [4.69, 9.17) is 9.72 Å². The summed E-state index contributed by atoms with van der Waals surface area (Å²) in [6.45, 7) is 4.84. The molecule has 0 bridgehead atoms. The number of likely N-dealkylation sites (tertiary alicyclic amines) is 1. The van der Waals surface area contributed by atoms with Crippen LogP contribution >= 0.6 is 11.3 Å². The number of nitrogens with one attached hydrogen (secondary N) is 1. The normalized spacial score (nSPS) is 17.5. The highest BCUT2D eigenvalue weighted by Crippen LogP contribution is 2.32. The van der Waals surface area contributed by atoms with Gasteiger partial charge in [-0.25, -0.2) is 4.98 Å². The summed E-state index contributed by atoms with van der Waals surface area (Å²) in [4.78, 5) is 19.5. The molecule has 1 aliphatic rings. The van der Waals surface area contributed by atoms with Crippen molar-refractivity contribution < 1.29 is 9.53 Å². The van der Waals surface area contributed by atoms with Crippen molar-refractivity contribution in [1.82, 2.24) is 9.88 Å². The van der Waals surface area contributed by atoms with Gasteiger partial charge in [-0.05, 0) is 62.7 Å². The molecule has 0 aliphatic carbocycles. The predicted molar refractivity (Wildman–Crippen MR) is 114 cm³/mol. The zero-order valence-corrected chi connectivity index (χ0v) is 16.9. The molecule has 1 aromatic heterocycles. The first-order valence-electron chi connectivity index (χ1n) is 9.82. The summed E-state index contributed by atoms with van der Waals surface area (Å²) in [6.07, 6.45) is 2.23. The van der Waals surface area contributed by atoms with Crippen molar-refractivity contribution in [2.45, 2.75) is 25.7 Å². The number of benzene rings is 2. The van der Waals surface area contributed by atoms with Crippen LogP contribution in [0.3, 0.4) is 0 Å². The number of carbonyl (C=O) groups is 1. The molecule has 0 unspecified atom stereocenters. The number of hydrogen-bond donors (Lipinski definition) is 1. The monoisotopic (exact) mass is 395 g/mol. The lowest BCUT2D eigenvalue weighted by molar-refractivity contribution is -0.117. The minimum absolute atomic E-state index is 0.0223. The van der Waals surface area contributed by atoms with Crippen molar-refractivity contribution in [2.75, 3.05) is 31.6 Å². The lowest BCUT2D eigenvalue weighted by Crippen LogP contribution is -2.39. The first-order valence-corrected chi connectivity index (χ1v) is 10.6. The quantitative estimate of drug-likeness (QED) is 0.667. The molecule has 1 fully saturated rings. The molecule has 6 heteroatoms. The Hall–Kier alpha value is -2.44. The molecule has 1 aliphatic heterocycles. The maximum absolute atomic E-state index is 12.5. The highest BCUT2D eigenvalue weighted by molar-refractivity contribution is 7.18. The van der Waals surface area contributed by atoms with Crippen LogP contribution in [-0.4, -0.2) is 42.0 Å². The molecule has 4 rings (SSSR count). The Bertz CT molecular complexity index is 905. The van der Waals surface area contributed by atoms with Gasteiger partial charge in [0.25, 0.3) is 0 Å². The predicted octanol–water partition coefficient (Wildman–Crippen LogP) is 4.51. The average molecular weight is 396 g/mol. The van der Waals surface area contributed by atoms with Crippen molar-refractivity contribution in [3.05, 3.63) is 53.5 Å². The number of anilines is 1. The van der Waals surface area contributed by atoms with Crippen molar-refractivity contribution in [3.63, 3.8) is 0 Å². The van der Waals surface area contributed by atoms with Gasteiger partial charge in [-0.3, -0.25) is 9.69 Å². The molecule has 0 saturated carbocycles. The van der Waals surface area contributed by atoms with Gasteiger partial charge in [0.15, 0.2) is 0 Å². The number of amides is 1. The van der Waals surface area contributed by atoms with Gasteiger partial charge in [-0.1, -0.05) is 12.1 Å². The molecule has 146 valence electrons. The Morgan fingerprint density at radius 2 is 2.07 bits per heavy atom. The number of hydrogen-bond acceptors (Lipinski definition) is 5. The Kier molecular flexibility index (Phi) is 5.88. The zero-order valence-electron chi connectivity index (χ0n) is 16.1. The topological polar surface area (TPSA) is 54.5 Å². The van der Waals surface area contributed by atoms with Crippen LogP contribution in [0, 0.1) is 0 Å². The van der Waals surface area contributed by atoms with E-state index >= 15 is 0 Å². The number of piperidine rings is 1. The largest absolute Gasteiger partial charge is 0.494 e. The van der Waals surface area contributed by atoms with Crippen molar-refractivity contribution in [3.8, 4) is 5.75 Å². The number of aromatic nitrogens is 1. The van der Waals surface area contributed by atoms with Crippen molar-refractivity contribution >= 4 is 33.1 Å².